The van der Waals surface area contributed by atoms with Crippen LogP contribution in [0.1, 0.15) is 12.0 Å². The van der Waals surface area contributed by atoms with Crippen LogP contribution < -0.4 is 11.1 Å². The molecule has 0 aliphatic heterocycles. The molecule has 4 nitrogen and oxygen atoms in total. The van der Waals surface area contributed by atoms with Gasteiger partial charge in [0, 0.05) is 6.54 Å². The molecule has 0 bridgehead atoms. The van der Waals surface area contributed by atoms with Gasteiger partial charge in [0.05, 0.1) is 11.0 Å². The van der Waals surface area contributed by atoms with Gasteiger partial charge in [-0.2, -0.15) is 0 Å². The van der Waals surface area contributed by atoms with Crippen molar-refractivity contribution >= 4 is 17.0 Å². The fourth-order valence-corrected chi connectivity index (χ4v) is 1.52. The first-order valence-electron chi connectivity index (χ1n) is 5.20. The highest BCUT2D eigenvalue weighted by atomic mass is 15.1. The minimum Gasteiger partial charge on any atom is -0.356 e. The number of nitrogens with two attached hydrogens (primary N) is 1. The molecule has 0 aliphatic rings. The molecule has 2 aromatic rings. The van der Waals surface area contributed by atoms with Crippen LogP contribution in [0.2, 0.25) is 0 Å². The molecule has 0 saturated carbocycles. The molecule has 0 saturated heterocycles. The summed E-state index contributed by atoms with van der Waals surface area (Å²) in [6, 6.07) is 6.18. The molecule has 0 spiro atoms. The molecule has 0 radical (unpaired) electrons. The second-order valence-corrected chi connectivity index (χ2v) is 3.68. The third-order valence-electron chi connectivity index (χ3n) is 2.31. The number of nitrogens with zero attached hydrogens (tertiary/aromatic N) is 1. The number of hydrogen-bond acceptors (Lipinski definition) is 3. The van der Waals surface area contributed by atoms with E-state index in [1.165, 1.54) is 5.56 Å². The van der Waals surface area contributed by atoms with Gasteiger partial charge in [0.1, 0.15) is 0 Å². The molecule has 2 rings (SSSR count). The Bertz CT molecular complexity index is 447. The normalized spacial score (nSPS) is 10.8. The van der Waals surface area contributed by atoms with E-state index in [0.29, 0.717) is 6.54 Å². The van der Waals surface area contributed by atoms with E-state index in [2.05, 4.69) is 34.3 Å². The highest BCUT2D eigenvalue weighted by Gasteiger charge is 2.01. The van der Waals surface area contributed by atoms with Crippen LogP contribution in [0.25, 0.3) is 11.0 Å². The lowest BCUT2D eigenvalue weighted by molar-refractivity contribution is 0.867. The lowest BCUT2D eigenvalue weighted by Gasteiger charge is -1.98. The van der Waals surface area contributed by atoms with Crippen molar-refractivity contribution in [2.24, 2.45) is 5.73 Å². The molecular formula is C11H16N4. The Labute approximate surface area is 88.9 Å². The van der Waals surface area contributed by atoms with Crippen molar-refractivity contribution < 1.29 is 0 Å². The first kappa shape index (κ1) is 9.98. The second kappa shape index (κ2) is 4.31. The largest absolute Gasteiger partial charge is 0.356 e. The number of benzene rings is 1. The number of H-pyrrole nitrogens is 1. The maximum atomic E-state index is 5.42. The van der Waals surface area contributed by atoms with Gasteiger partial charge in [-0.1, -0.05) is 6.07 Å². The molecule has 0 aliphatic carbocycles. The van der Waals surface area contributed by atoms with Crippen molar-refractivity contribution in [2.45, 2.75) is 13.3 Å². The number of hydrogen-bond donors (Lipinski definition) is 3. The molecule has 15 heavy (non-hydrogen) atoms. The predicted octanol–water partition coefficient (Wildman–Crippen LogP) is 1.63. The minimum atomic E-state index is 0.701. The minimum absolute atomic E-state index is 0.701. The van der Waals surface area contributed by atoms with Gasteiger partial charge in [0.2, 0.25) is 5.95 Å². The highest BCUT2D eigenvalue weighted by molar-refractivity contribution is 5.78. The van der Waals surface area contributed by atoms with Crippen molar-refractivity contribution in [3.05, 3.63) is 23.8 Å². The Morgan fingerprint density at radius 2 is 2.33 bits per heavy atom. The Morgan fingerprint density at radius 1 is 1.47 bits per heavy atom. The predicted molar refractivity (Wildman–Crippen MR) is 63.0 cm³/mol. The van der Waals surface area contributed by atoms with E-state index in [4.69, 9.17) is 5.73 Å². The Morgan fingerprint density at radius 3 is 3.13 bits per heavy atom. The maximum Gasteiger partial charge on any atom is 0.201 e. The van der Waals surface area contributed by atoms with Crippen LogP contribution in [0.15, 0.2) is 18.2 Å². The van der Waals surface area contributed by atoms with Crippen molar-refractivity contribution in [1.82, 2.24) is 9.97 Å². The smallest absolute Gasteiger partial charge is 0.201 e. The molecule has 0 amide bonds. The number of aromatic nitrogens is 2. The van der Waals surface area contributed by atoms with Gasteiger partial charge >= 0.3 is 0 Å². The van der Waals surface area contributed by atoms with Crippen LogP contribution in [0.5, 0.6) is 0 Å². The highest BCUT2D eigenvalue weighted by Crippen LogP contribution is 2.15. The zero-order valence-corrected chi connectivity index (χ0v) is 8.88. The first-order valence-corrected chi connectivity index (χ1v) is 5.20. The summed E-state index contributed by atoms with van der Waals surface area (Å²) in [5.41, 5.74) is 8.72. The SMILES string of the molecule is Cc1ccc2nc(NCCCN)[nH]c2c1. The van der Waals surface area contributed by atoms with Crippen LogP contribution in [-0.2, 0) is 0 Å². The molecule has 0 fully saturated rings. The average molecular weight is 204 g/mol. The van der Waals surface area contributed by atoms with E-state index in [1.54, 1.807) is 0 Å². The number of anilines is 1. The fraction of sp³-hybridized carbons (Fsp3) is 0.364. The van der Waals surface area contributed by atoms with Crippen molar-refractivity contribution in [1.29, 1.82) is 0 Å². The first-order chi connectivity index (χ1) is 7.29. The summed E-state index contributed by atoms with van der Waals surface area (Å²) in [5.74, 6) is 0.823. The van der Waals surface area contributed by atoms with Crippen molar-refractivity contribution in [2.75, 3.05) is 18.4 Å². The summed E-state index contributed by atoms with van der Waals surface area (Å²) in [7, 11) is 0. The lowest BCUT2D eigenvalue weighted by atomic mass is 10.2. The van der Waals surface area contributed by atoms with Gasteiger partial charge in [-0.15, -0.1) is 0 Å². The molecule has 0 unspecified atom stereocenters. The van der Waals surface area contributed by atoms with E-state index in [1.807, 2.05) is 6.07 Å². The summed E-state index contributed by atoms with van der Waals surface area (Å²) < 4.78 is 0. The number of aromatic amines is 1. The second-order valence-electron chi connectivity index (χ2n) is 3.68. The number of nitrogens with one attached hydrogen (secondary N) is 2. The molecule has 1 heterocycles. The lowest BCUT2D eigenvalue weighted by Crippen LogP contribution is -2.09. The fourth-order valence-electron chi connectivity index (χ4n) is 1.52. The summed E-state index contributed by atoms with van der Waals surface area (Å²) in [6.45, 7) is 3.63. The van der Waals surface area contributed by atoms with Crippen LogP contribution in [0.4, 0.5) is 5.95 Å². The van der Waals surface area contributed by atoms with Crippen LogP contribution in [0.3, 0.4) is 0 Å². The summed E-state index contributed by atoms with van der Waals surface area (Å²) >= 11 is 0. The molecule has 4 heteroatoms. The van der Waals surface area contributed by atoms with E-state index >= 15 is 0 Å². The standard InChI is InChI=1S/C11H16N4/c1-8-3-4-9-10(7-8)15-11(14-9)13-6-2-5-12/h3-4,7H,2,5-6,12H2,1H3,(H2,13,14,15). The summed E-state index contributed by atoms with van der Waals surface area (Å²) in [5, 5.41) is 3.21. The molecule has 0 atom stereocenters. The zero-order chi connectivity index (χ0) is 10.7. The molecule has 1 aromatic carbocycles. The van der Waals surface area contributed by atoms with E-state index in [-0.39, 0.29) is 0 Å². The van der Waals surface area contributed by atoms with Crippen molar-refractivity contribution in [3.8, 4) is 0 Å². The monoisotopic (exact) mass is 204 g/mol. The molecule has 1 aromatic heterocycles. The number of rotatable bonds is 4. The zero-order valence-electron chi connectivity index (χ0n) is 8.88. The third kappa shape index (κ3) is 2.27. The molecule has 4 N–H and O–H groups in total. The molecule has 80 valence electrons. The summed E-state index contributed by atoms with van der Waals surface area (Å²) in [4.78, 5) is 7.65. The molecular weight excluding hydrogens is 188 g/mol. The van der Waals surface area contributed by atoms with E-state index in [9.17, 15) is 0 Å². The maximum absolute atomic E-state index is 5.42. The van der Waals surface area contributed by atoms with E-state index < -0.39 is 0 Å². The van der Waals surface area contributed by atoms with Gasteiger partial charge in [0.25, 0.3) is 0 Å². The van der Waals surface area contributed by atoms with Crippen LogP contribution >= 0.6 is 0 Å². The Kier molecular flexibility index (Phi) is 2.87. The van der Waals surface area contributed by atoms with E-state index in [0.717, 1.165) is 29.9 Å². The van der Waals surface area contributed by atoms with Gasteiger partial charge in [-0.3, -0.25) is 0 Å². The van der Waals surface area contributed by atoms with Gasteiger partial charge in [0.15, 0.2) is 0 Å². The topological polar surface area (TPSA) is 66.7 Å². The third-order valence-corrected chi connectivity index (χ3v) is 2.31. The number of fused-ring (bicyclic) bond motifs is 1. The Balaban J connectivity index is 2.16. The van der Waals surface area contributed by atoms with Crippen LogP contribution in [0, 0.1) is 6.92 Å². The Hall–Kier alpha value is -1.55. The summed E-state index contributed by atoms with van der Waals surface area (Å²) in [6.07, 6.45) is 0.954. The quantitative estimate of drug-likeness (QED) is 0.663. The van der Waals surface area contributed by atoms with Gasteiger partial charge in [-0.25, -0.2) is 4.98 Å². The van der Waals surface area contributed by atoms with Gasteiger partial charge < -0.3 is 16.0 Å². The van der Waals surface area contributed by atoms with Crippen molar-refractivity contribution in [3.63, 3.8) is 0 Å². The average Bonchev–Trinajstić information content (AvgIpc) is 2.60. The van der Waals surface area contributed by atoms with Gasteiger partial charge in [-0.05, 0) is 37.6 Å². The number of imidazole rings is 1. The van der Waals surface area contributed by atoms with Crippen LogP contribution in [-0.4, -0.2) is 23.1 Å². The number of aryl methyl sites for hydroxylation is 1.